The number of carbonyl (C=O) groups excluding carboxylic acids is 1. The van der Waals surface area contributed by atoms with Crippen LogP contribution in [-0.4, -0.2) is 29.0 Å². The van der Waals surface area contributed by atoms with Crippen molar-refractivity contribution >= 4 is 16.9 Å². The number of amides is 1. The van der Waals surface area contributed by atoms with Gasteiger partial charge in [-0.25, -0.2) is 9.37 Å². The summed E-state index contributed by atoms with van der Waals surface area (Å²) >= 11 is 0. The van der Waals surface area contributed by atoms with E-state index in [4.69, 9.17) is 4.74 Å². The molecule has 3 rings (SSSR count). The number of benzene rings is 1. The van der Waals surface area contributed by atoms with E-state index in [0.29, 0.717) is 5.56 Å². The molecular weight excluding hydrogens is 321 g/mol. The molecular formula is C19H20FN3O2. The number of rotatable bonds is 6. The molecule has 2 heterocycles. The highest BCUT2D eigenvalue weighted by Crippen LogP contribution is 2.23. The Balaban J connectivity index is 1.70. The summed E-state index contributed by atoms with van der Waals surface area (Å²) in [6.07, 6.45) is 3.13. The summed E-state index contributed by atoms with van der Waals surface area (Å²) < 4.78 is 19.4. The van der Waals surface area contributed by atoms with E-state index in [9.17, 15) is 9.18 Å². The molecule has 0 aliphatic carbocycles. The number of aromatic amines is 1. The van der Waals surface area contributed by atoms with Crippen LogP contribution < -0.4 is 5.32 Å². The van der Waals surface area contributed by atoms with Crippen LogP contribution >= 0.6 is 0 Å². The lowest BCUT2D eigenvalue weighted by Crippen LogP contribution is -2.38. The molecule has 25 heavy (non-hydrogen) atoms. The van der Waals surface area contributed by atoms with Crippen LogP contribution in [0.1, 0.15) is 24.2 Å². The fourth-order valence-corrected chi connectivity index (χ4v) is 3.02. The molecule has 0 saturated carbocycles. The van der Waals surface area contributed by atoms with Crippen molar-refractivity contribution in [3.8, 4) is 0 Å². The first-order valence-corrected chi connectivity index (χ1v) is 8.07. The van der Waals surface area contributed by atoms with Gasteiger partial charge >= 0.3 is 0 Å². The van der Waals surface area contributed by atoms with Crippen LogP contribution in [-0.2, 0) is 16.0 Å². The number of ether oxygens (including phenoxy) is 1. The summed E-state index contributed by atoms with van der Waals surface area (Å²) in [5, 5.41) is 3.81. The van der Waals surface area contributed by atoms with Crippen molar-refractivity contribution in [2.45, 2.75) is 25.5 Å². The second kappa shape index (κ2) is 7.44. The van der Waals surface area contributed by atoms with Crippen LogP contribution in [0.5, 0.6) is 0 Å². The average molecular weight is 341 g/mol. The third kappa shape index (κ3) is 3.69. The minimum absolute atomic E-state index is 0.157. The van der Waals surface area contributed by atoms with E-state index in [2.05, 4.69) is 15.3 Å². The SMILES string of the molecule is CO[C@H](c1ccccc1F)[C@@H](C)NC(=O)Cc1c[nH]c2ncccc12. The summed E-state index contributed by atoms with van der Waals surface area (Å²) in [7, 11) is 1.51. The Bertz CT molecular complexity index is 878. The molecule has 1 aromatic carbocycles. The van der Waals surface area contributed by atoms with E-state index in [0.717, 1.165) is 16.6 Å². The smallest absolute Gasteiger partial charge is 0.224 e. The number of H-pyrrole nitrogens is 1. The number of carbonyl (C=O) groups is 1. The van der Waals surface area contributed by atoms with Crippen molar-refractivity contribution in [1.82, 2.24) is 15.3 Å². The van der Waals surface area contributed by atoms with E-state index >= 15 is 0 Å². The van der Waals surface area contributed by atoms with Gasteiger partial charge in [0.1, 0.15) is 17.6 Å². The minimum atomic E-state index is -0.560. The molecule has 0 unspecified atom stereocenters. The van der Waals surface area contributed by atoms with E-state index < -0.39 is 6.10 Å². The van der Waals surface area contributed by atoms with Crippen LogP contribution in [0, 0.1) is 5.82 Å². The number of pyridine rings is 1. The molecule has 0 aliphatic rings. The molecule has 0 radical (unpaired) electrons. The standard InChI is InChI=1S/C19H20FN3O2/c1-12(18(25-2)15-6-3-4-8-16(15)20)23-17(24)10-13-11-22-19-14(13)7-5-9-21-19/h3-9,11-12,18H,10H2,1-2H3,(H,21,22)(H,23,24)/t12-,18+/m1/s1. The van der Waals surface area contributed by atoms with E-state index in [1.807, 2.05) is 12.1 Å². The number of hydrogen-bond acceptors (Lipinski definition) is 3. The van der Waals surface area contributed by atoms with Crippen molar-refractivity contribution < 1.29 is 13.9 Å². The maximum Gasteiger partial charge on any atom is 0.224 e. The number of aromatic nitrogens is 2. The lowest BCUT2D eigenvalue weighted by Gasteiger charge is -2.24. The Morgan fingerprint density at radius 3 is 2.88 bits per heavy atom. The normalized spacial score (nSPS) is 13.6. The van der Waals surface area contributed by atoms with Gasteiger partial charge in [0.05, 0.1) is 12.5 Å². The average Bonchev–Trinajstić information content (AvgIpc) is 3.00. The first-order valence-electron chi connectivity index (χ1n) is 8.07. The topological polar surface area (TPSA) is 67.0 Å². The zero-order valence-electron chi connectivity index (χ0n) is 14.1. The zero-order chi connectivity index (χ0) is 17.8. The quantitative estimate of drug-likeness (QED) is 0.724. The highest BCUT2D eigenvalue weighted by Gasteiger charge is 2.23. The number of nitrogens with zero attached hydrogens (tertiary/aromatic N) is 1. The molecule has 0 aliphatic heterocycles. The predicted molar refractivity (Wildman–Crippen MR) is 93.6 cm³/mol. The Hall–Kier alpha value is -2.73. The molecule has 0 spiro atoms. The molecule has 0 saturated heterocycles. The number of hydrogen-bond donors (Lipinski definition) is 2. The van der Waals surface area contributed by atoms with Crippen LogP contribution in [0.15, 0.2) is 48.8 Å². The summed E-state index contributed by atoms with van der Waals surface area (Å²) in [5.41, 5.74) is 2.04. The monoisotopic (exact) mass is 341 g/mol. The molecule has 0 fully saturated rings. The van der Waals surface area contributed by atoms with E-state index in [-0.39, 0.29) is 24.2 Å². The zero-order valence-corrected chi connectivity index (χ0v) is 14.1. The molecule has 3 aromatic rings. The maximum absolute atomic E-state index is 14.0. The van der Waals surface area contributed by atoms with Crippen molar-refractivity contribution in [1.29, 1.82) is 0 Å². The van der Waals surface area contributed by atoms with Gasteiger partial charge in [-0.1, -0.05) is 18.2 Å². The summed E-state index contributed by atoms with van der Waals surface area (Å²) in [6.45, 7) is 1.80. The van der Waals surface area contributed by atoms with Crippen LogP contribution in [0.3, 0.4) is 0 Å². The van der Waals surface area contributed by atoms with Gasteiger partial charge in [-0.2, -0.15) is 0 Å². The van der Waals surface area contributed by atoms with Gasteiger partial charge in [0, 0.05) is 30.5 Å². The molecule has 2 aromatic heterocycles. The second-order valence-electron chi connectivity index (χ2n) is 5.92. The molecule has 2 atom stereocenters. The number of halogens is 1. The van der Waals surface area contributed by atoms with Gasteiger partial charge in [-0.3, -0.25) is 4.79 Å². The summed E-state index contributed by atoms with van der Waals surface area (Å²) in [4.78, 5) is 19.7. The van der Waals surface area contributed by atoms with Gasteiger partial charge in [-0.15, -0.1) is 0 Å². The van der Waals surface area contributed by atoms with Crippen molar-refractivity contribution in [2.24, 2.45) is 0 Å². The van der Waals surface area contributed by atoms with Crippen LogP contribution in [0.2, 0.25) is 0 Å². The van der Waals surface area contributed by atoms with Gasteiger partial charge in [0.15, 0.2) is 0 Å². The Morgan fingerprint density at radius 1 is 1.32 bits per heavy atom. The Morgan fingerprint density at radius 2 is 2.12 bits per heavy atom. The lowest BCUT2D eigenvalue weighted by molar-refractivity contribution is -0.122. The second-order valence-corrected chi connectivity index (χ2v) is 5.92. The largest absolute Gasteiger partial charge is 0.375 e. The molecule has 130 valence electrons. The number of fused-ring (bicyclic) bond motifs is 1. The van der Waals surface area contributed by atoms with E-state index in [1.165, 1.54) is 13.2 Å². The third-order valence-electron chi connectivity index (χ3n) is 4.20. The van der Waals surface area contributed by atoms with Gasteiger partial charge in [0.2, 0.25) is 5.91 Å². The van der Waals surface area contributed by atoms with Gasteiger partial charge < -0.3 is 15.0 Å². The first-order chi connectivity index (χ1) is 12.1. The van der Waals surface area contributed by atoms with Crippen LogP contribution in [0.25, 0.3) is 11.0 Å². The highest BCUT2D eigenvalue weighted by atomic mass is 19.1. The summed E-state index contributed by atoms with van der Waals surface area (Å²) in [5.74, 6) is -0.506. The van der Waals surface area contributed by atoms with Crippen LogP contribution in [0.4, 0.5) is 4.39 Å². The van der Waals surface area contributed by atoms with Gasteiger partial charge in [0.25, 0.3) is 0 Å². The maximum atomic E-state index is 14.0. The van der Waals surface area contributed by atoms with Gasteiger partial charge in [-0.05, 0) is 30.7 Å². The fraction of sp³-hybridized carbons (Fsp3) is 0.263. The van der Waals surface area contributed by atoms with Crippen molar-refractivity contribution in [3.63, 3.8) is 0 Å². The minimum Gasteiger partial charge on any atom is -0.375 e. The molecule has 5 nitrogen and oxygen atoms in total. The first kappa shape index (κ1) is 17.1. The number of nitrogens with one attached hydrogen (secondary N) is 2. The summed E-state index contributed by atoms with van der Waals surface area (Å²) in [6, 6.07) is 9.80. The number of methoxy groups -OCH3 is 1. The van der Waals surface area contributed by atoms with Crippen molar-refractivity contribution in [3.05, 3.63) is 65.7 Å². The fourth-order valence-electron chi connectivity index (χ4n) is 3.02. The highest BCUT2D eigenvalue weighted by molar-refractivity contribution is 5.87. The predicted octanol–water partition coefficient (Wildman–Crippen LogP) is 3.14. The molecule has 1 amide bonds. The Labute approximate surface area is 145 Å². The molecule has 2 N–H and O–H groups in total. The molecule has 0 bridgehead atoms. The molecule has 6 heteroatoms. The van der Waals surface area contributed by atoms with E-state index in [1.54, 1.807) is 37.5 Å². The lowest BCUT2D eigenvalue weighted by atomic mass is 10.0. The van der Waals surface area contributed by atoms with Crippen molar-refractivity contribution in [2.75, 3.05) is 7.11 Å². The Kier molecular flexibility index (Phi) is 5.09. The third-order valence-corrected chi connectivity index (χ3v) is 4.20.